The zero-order chi connectivity index (χ0) is 18.0. The molecule has 0 aliphatic heterocycles. The molecule has 0 saturated carbocycles. The molecule has 0 fully saturated rings. The Labute approximate surface area is 143 Å². The van der Waals surface area contributed by atoms with Gasteiger partial charge in [0.2, 0.25) is 0 Å². The Balaban J connectivity index is 2.44. The molecular formula is C16H18N2O5S. The first-order chi connectivity index (χ1) is 11.3. The molecule has 2 rings (SSSR count). The number of aryl methyl sites for hydroxylation is 1. The van der Waals surface area contributed by atoms with E-state index in [1.54, 1.807) is 34.0 Å². The molecule has 128 valence electrons. The fourth-order valence-corrected chi connectivity index (χ4v) is 3.29. The summed E-state index contributed by atoms with van der Waals surface area (Å²) in [5.41, 5.74) is 0.640. The lowest BCUT2D eigenvalue weighted by atomic mass is 10.1. The Kier molecular flexibility index (Phi) is 5.08. The van der Waals surface area contributed by atoms with Crippen LogP contribution in [0, 0.1) is 13.8 Å². The van der Waals surface area contributed by atoms with Crippen LogP contribution in [0.1, 0.15) is 41.9 Å². The number of esters is 1. The summed E-state index contributed by atoms with van der Waals surface area (Å²) in [7, 11) is 4.47. The van der Waals surface area contributed by atoms with Crippen molar-refractivity contribution in [1.82, 2.24) is 4.90 Å². The van der Waals surface area contributed by atoms with Gasteiger partial charge in [-0.1, -0.05) is 0 Å². The van der Waals surface area contributed by atoms with Gasteiger partial charge >= 0.3 is 5.97 Å². The van der Waals surface area contributed by atoms with E-state index in [0.717, 1.165) is 11.3 Å². The van der Waals surface area contributed by atoms with Gasteiger partial charge in [-0.15, -0.1) is 11.3 Å². The molecule has 2 amide bonds. The fourth-order valence-electron chi connectivity index (χ4n) is 2.08. The van der Waals surface area contributed by atoms with Gasteiger partial charge in [-0.25, -0.2) is 4.79 Å². The molecule has 24 heavy (non-hydrogen) atoms. The molecular weight excluding hydrogens is 332 g/mol. The molecule has 0 bridgehead atoms. The average molecular weight is 350 g/mol. The zero-order valence-electron chi connectivity index (χ0n) is 14.1. The molecule has 0 saturated heterocycles. The monoisotopic (exact) mass is 350 g/mol. The van der Waals surface area contributed by atoms with E-state index in [0.29, 0.717) is 16.2 Å². The van der Waals surface area contributed by atoms with Crippen LogP contribution in [0.2, 0.25) is 0 Å². The number of methoxy groups -OCH3 is 1. The van der Waals surface area contributed by atoms with Gasteiger partial charge in [0.05, 0.1) is 17.6 Å². The molecule has 0 atom stereocenters. The predicted molar refractivity (Wildman–Crippen MR) is 89.8 cm³/mol. The summed E-state index contributed by atoms with van der Waals surface area (Å²) in [6, 6.07) is 3.20. The molecule has 2 aromatic heterocycles. The molecule has 2 heterocycles. The third-order valence-corrected chi connectivity index (χ3v) is 4.52. The van der Waals surface area contributed by atoms with Crippen LogP contribution in [0.4, 0.5) is 5.00 Å². The van der Waals surface area contributed by atoms with Crippen molar-refractivity contribution in [3.63, 3.8) is 0 Å². The van der Waals surface area contributed by atoms with Crippen molar-refractivity contribution in [3.05, 3.63) is 39.7 Å². The summed E-state index contributed by atoms with van der Waals surface area (Å²) < 4.78 is 10.0. The van der Waals surface area contributed by atoms with E-state index in [2.05, 4.69) is 5.32 Å². The standard InChI is InChI=1S/C16H18N2O5S/c1-8-6-7-10(23-8)13(19)17-14-11(16(21)22-5)9(2)12(24-14)15(20)18(3)4/h6-7H,1-5H3,(H,17,19). The number of hydrogen-bond acceptors (Lipinski definition) is 6. The normalized spacial score (nSPS) is 10.4. The zero-order valence-corrected chi connectivity index (χ0v) is 14.9. The highest BCUT2D eigenvalue weighted by Crippen LogP contribution is 2.34. The van der Waals surface area contributed by atoms with E-state index < -0.39 is 11.9 Å². The minimum Gasteiger partial charge on any atom is -0.465 e. The van der Waals surface area contributed by atoms with E-state index in [1.165, 1.54) is 18.1 Å². The second-order valence-electron chi connectivity index (χ2n) is 5.32. The number of hydrogen-bond donors (Lipinski definition) is 1. The summed E-state index contributed by atoms with van der Waals surface area (Å²) in [6.07, 6.45) is 0. The van der Waals surface area contributed by atoms with Crippen LogP contribution in [0.15, 0.2) is 16.5 Å². The van der Waals surface area contributed by atoms with Crippen molar-refractivity contribution < 1.29 is 23.5 Å². The van der Waals surface area contributed by atoms with E-state index >= 15 is 0 Å². The Morgan fingerprint density at radius 1 is 1.21 bits per heavy atom. The molecule has 0 spiro atoms. The quantitative estimate of drug-likeness (QED) is 0.857. The predicted octanol–water partition coefficient (Wildman–Crippen LogP) is 2.70. The van der Waals surface area contributed by atoms with Gasteiger partial charge < -0.3 is 19.4 Å². The van der Waals surface area contributed by atoms with Gasteiger partial charge in [-0.3, -0.25) is 9.59 Å². The van der Waals surface area contributed by atoms with Crippen LogP contribution in [-0.2, 0) is 4.74 Å². The highest BCUT2D eigenvalue weighted by Gasteiger charge is 2.27. The van der Waals surface area contributed by atoms with Gasteiger partial charge in [-0.05, 0) is 31.5 Å². The Bertz CT molecular complexity index is 803. The molecule has 0 aliphatic rings. The topological polar surface area (TPSA) is 88.8 Å². The number of anilines is 1. The van der Waals surface area contributed by atoms with Crippen molar-refractivity contribution >= 4 is 34.1 Å². The summed E-state index contributed by atoms with van der Waals surface area (Å²) >= 11 is 1.03. The van der Waals surface area contributed by atoms with E-state index in [4.69, 9.17) is 9.15 Å². The lowest BCUT2D eigenvalue weighted by Gasteiger charge is -2.08. The molecule has 2 aromatic rings. The largest absolute Gasteiger partial charge is 0.465 e. The fraction of sp³-hybridized carbons (Fsp3) is 0.312. The van der Waals surface area contributed by atoms with Crippen LogP contribution in [-0.4, -0.2) is 43.9 Å². The number of furan rings is 1. The molecule has 1 N–H and O–H groups in total. The molecule has 0 radical (unpaired) electrons. The summed E-state index contributed by atoms with van der Waals surface area (Å²) in [6.45, 7) is 3.37. The maximum atomic E-state index is 12.3. The lowest BCUT2D eigenvalue weighted by molar-refractivity contribution is 0.0601. The van der Waals surface area contributed by atoms with E-state index in [-0.39, 0.29) is 22.2 Å². The van der Waals surface area contributed by atoms with Crippen molar-refractivity contribution in [1.29, 1.82) is 0 Å². The molecule has 0 aliphatic carbocycles. The number of carbonyl (C=O) groups excluding carboxylic acids is 3. The van der Waals surface area contributed by atoms with Crippen molar-refractivity contribution in [2.45, 2.75) is 13.8 Å². The third kappa shape index (κ3) is 3.33. The Morgan fingerprint density at radius 2 is 1.88 bits per heavy atom. The minimum atomic E-state index is -0.618. The van der Waals surface area contributed by atoms with Gasteiger partial charge in [0.25, 0.3) is 11.8 Å². The first-order valence-electron chi connectivity index (χ1n) is 7.07. The minimum absolute atomic E-state index is 0.120. The van der Waals surface area contributed by atoms with Crippen molar-refractivity contribution in [2.75, 3.05) is 26.5 Å². The molecule has 0 unspecified atom stereocenters. The Hall–Kier alpha value is -2.61. The van der Waals surface area contributed by atoms with Gasteiger partial charge in [0, 0.05) is 14.1 Å². The summed E-state index contributed by atoms with van der Waals surface area (Å²) in [4.78, 5) is 38.4. The maximum absolute atomic E-state index is 12.3. The number of nitrogens with zero attached hydrogens (tertiary/aromatic N) is 1. The second kappa shape index (κ2) is 6.88. The molecule has 7 nitrogen and oxygen atoms in total. The second-order valence-corrected chi connectivity index (χ2v) is 6.34. The van der Waals surface area contributed by atoms with Gasteiger partial charge in [-0.2, -0.15) is 0 Å². The smallest absolute Gasteiger partial charge is 0.341 e. The van der Waals surface area contributed by atoms with Gasteiger partial charge in [0.1, 0.15) is 10.8 Å². The molecule has 8 heteroatoms. The highest BCUT2D eigenvalue weighted by atomic mass is 32.1. The SMILES string of the molecule is COC(=O)c1c(NC(=O)c2ccc(C)o2)sc(C(=O)N(C)C)c1C. The highest BCUT2D eigenvalue weighted by molar-refractivity contribution is 7.18. The number of rotatable bonds is 4. The van der Waals surface area contributed by atoms with E-state index in [9.17, 15) is 14.4 Å². The summed E-state index contributed by atoms with van der Waals surface area (Å²) in [5.74, 6) is -0.656. The van der Waals surface area contributed by atoms with Gasteiger partial charge in [0.15, 0.2) is 5.76 Å². The van der Waals surface area contributed by atoms with E-state index in [1.807, 2.05) is 0 Å². The number of nitrogens with one attached hydrogen (secondary N) is 1. The number of amides is 2. The van der Waals surface area contributed by atoms with Crippen LogP contribution in [0.25, 0.3) is 0 Å². The van der Waals surface area contributed by atoms with Crippen LogP contribution in [0.3, 0.4) is 0 Å². The number of thiophene rings is 1. The van der Waals surface area contributed by atoms with Crippen molar-refractivity contribution in [2.24, 2.45) is 0 Å². The number of ether oxygens (including phenoxy) is 1. The third-order valence-electron chi connectivity index (χ3n) is 3.33. The van der Waals surface area contributed by atoms with Crippen molar-refractivity contribution in [3.8, 4) is 0 Å². The summed E-state index contributed by atoms with van der Waals surface area (Å²) in [5, 5.41) is 2.88. The van der Waals surface area contributed by atoms with Crippen LogP contribution >= 0.6 is 11.3 Å². The first-order valence-corrected chi connectivity index (χ1v) is 7.89. The first kappa shape index (κ1) is 17.7. The van der Waals surface area contributed by atoms with Crippen LogP contribution in [0.5, 0.6) is 0 Å². The Morgan fingerprint density at radius 3 is 2.38 bits per heavy atom. The maximum Gasteiger partial charge on any atom is 0.341 e. The molecule has 0 aromatic carbocycles. The lowest BCUT2D eigenvalue weighted by Crippen LogP contribution is -2.21. The average Bonchev–Trinajstić information content (AvgIpc) is 3.09. The van der Waals surface area contributed by atoms with Crippen LogP contribution < -0.4 is 5.32 Å². The number of carbonyl (C=O) groups is 3.